The van der Waals surface area contributed by atoms with Gasteiger partial charge in [-0.2, -0.15) is 5.10 Å². The van der Waals surface area contributed by atoms with Crippen molar-refractivity contribution in [3.8, 4) is 0 Å². The van der Waals surface area contributed by atoms with Gasteiger partial charge in [-0.05, 0) is 45.8 Å². The summed E-state index contributed by atoms with van der Waals surface area (Å²) in [5.41, 5.74) is 4.55. The minimum absolute atomic E-state index is 0.0107. The largest absolute Gasteiger partial charge is 0.280 e. The van der Waals surface area contributed by atoms with Crippen LogP contribution in [0.15, 0.2) is 63.0 Å². The highest BCUT2D eigenvalue weighted by Crippen LogP contribution is 2.24. The number of rotatable bonds is 4. The molecule has 2 aromatic carbocycles. The summed E-state index contributed by atoms with van der Waals surface area (Å²) in [5.74, 6) is -0.0920. The average molecular weight is 422 g/mol. The van der Waals surface area contributed by atoms with Crippen LogP contribution in [0.4, 0.5) is 5.69 Å². The van der Waals surface area contributed by atoms with Crippen molar-refractivity contribution < 1.29 is 13.2 Å². The number of carbonyl (C=O) groups excluding carboxylic acids is 1. The number of carbonyl (C=O) groups is 1. The van der Waals surface area contributed by atoms with Gasteiger partial charge in [0.2, 0.25) is 5.91 Å². The van der Waals surface area contributed by atoms with Crippen molar-refractivity contribution >= 4 is 43.3 Å². The summed E-state index contributed by atoms with van der Waals surface area (Å²) in [7, 11) is -3.68. The lowest BCUT2D eigenvalue weighted by Gasteiger charge is -2.19. The van der Waals surface area contributed by atoms with E-state index in [9.17, 15) is 13.2 Å². The fourth-order valence-corrected chi connectivity index (χ4v) is 4.65. The molecule has 0 aromatic heterocycles. The summed E-state index contributed by atoms with van der Waals surface area (Å²) in [6, 6.07) is 13.5. The van der Waals surface area contributed by atoms with E-state index in [1.54, 1.807) is 42.5 Å². The van der Waals surface area contributed by atoms with Gasteiger partial charge in [0.15, 0.2) is 0 Å². The summed E-state index contributed by atoms with van der Waals surface area (Å²) in [6.45, 7) is 1.93. The molecule has 130 valence electrons. The van der Waals surface area contributed by atoms with E-state index in [0.29, 0.717) is 16.6 Å². The first kappa shape index (κ1) is 17.6. The van der Waals surface area contributed by atoms with E-state index in [4.69, 9.17) is 0 Å². The van der Waals surface area contributed by atoms with Gasteiger partial charge in [0.1, 0.15) is 4.90 Å². The average Bonchev–Trinajstić information content (AvgIpc) is 2.56. The Morgan fingerprint density at radius 3 is 2.48 bits per heavy atom. The van der Waals surface area contributed by atoms with Gasteiger partial charge in [-0.1, -0.05) is 31.2 Å². The monoisotopic (exact) mass is 421 g/mol. The molecule has 0 radical (unpaired) electrons. The predicted octanol–water partition coefficient (Wildman–Crippen LogP) is 3.11. The van der Waals surface area contributed by atoms with Crippen LogP contribution in [-0.2, 0) is 14.8 Å². The molecule has 6 nitrogen and oxygen atoms in total. The van der Waals surface area contributed by atoms with Crippen LogP contribution < -0.4 is 10.1 Å². The topological polar surface area (TPSA) is 87.6 Å². The molecule has 8 heteroatoms. The summed E-state index contributed by atoms with van der Waals surface area (Å²) in [6.07, 6.45) is 0.384. The van der Waals surface area contributed by atoms with Crippen molar-refractivity contribution in [1.29, 1.82) is 0 Å². The molecule has 3 rings (SSSR count). The number of hydrogen-bond donors (Lipinski definition) is 2. The number of benzene rings is 2. The molecule has 1 unspecified atom stereocenters. The van der Waals surface area contributed by atoms with Gasteiger partial charge in [-0.3, -0.25) is 9.52 Å². The second-order valence-electron chi connectivity index (χ2n) is 5.75. The number of nitrogens with one attached hydrogen (secondary N) is 2. The Bertz CT molecular complexity index is 940. The highest BCUT2D eigenvalue weighted by Gasteiger charge is 2.22. The van der Waals surface area contributed by atoms with Crippen molar-refractivity contribution in [3.63, 3.8) is 0 Å². The Morgan fingerprint density at radius 1 is 1.16 bits per heavy atom. The van der Waals surface area contributed by atoms with E-state index in [0.717, 1.165) is 11.3 Å². The Balaban J connectivity index is 1.82. The predicted molar refractivity (Wildman–Crippen MR) is 99.9 cm³/mol. The zero-order valence-electron chi connectivity index (χ0n) is 13.4. The SMILES string of the molecule is CC1CC(=O)NN=C1c1ccc(NS(=O)(=O)c2ccccc2Br)cc1. The van der Waals surface area contributed by atoms with Crippen LogP contribution in [0.25, 0.3) is 0 Å². The molecule has 0 saturated heterocycles. The minimum atomic E-state index is -3.68. The number of sulfonamides is 1. The molecule has 2 N–H and O–H groups in total. The molecular weight excluding hydrogens is 406 g/mol. The van der Waals surface area contributed by atoms with E-state index in [1.807, 2.05) is 6.92 Å². The standard InChI is InChI=1S/C17H16BrN3O3S/c1-11-10-16(22)19-20-17(11)12-6-8-13(9-7-12)21-25(23,24)15-5-3-2-4-14(15)18/h2-9,11,21H,10H2,1H3,(H,19,22). The lowest BCUT2D eigenvalue weighted by molar-refractivity contribution is -0.121. The summed E-state index contributed by atoms with van der Waals surface area (Å²) in [4.78, 5) is 11.5. The van der Waals surface area contributed by atoms with Crippen molar-refractivity contribution in [3.05, 3.63) is 58.6 Å². The number of halogens is 1. The highest BCUT2D eigenvalue weighted by molar-refractivity contribution is 9.10. The van der Waals surface area contributed by atoms with Gasteiger partial charge in [-0.25, -0.2) is 13.8 Å². The zero-order chi connectivity index (χ0) is 18.0. The Labute approximate surface area is 154 Å². The summed E-state index contributed by atoms with van der Waals surface area (Å²) < 4.78 is 28.0. The van der Waals surface area contributed by atoms with Crippen molar-refractivity contribution in [2.45, 2.75) is 18.2 Å². The first-order valence-electron chi connectivity index (χ1n) is 7.61. The van der Waals surface area contributed by atoms with Crippen molar-refractivity contribution in [2.24, 2.45) is 11.0 Å². The van der Waals surface area contributed by atoms with Crippen molar-refractivity contribution in [2.75, 3.05) is 4.72 Å². The summed E-state index contributed by atoms with van der Waals surface area (Å²) in [5, 5.41) is 4.10. The molecule has 0 aliphatic carbocycles. The number of nitrogens with zero attached hydrogens (tertiary/aromatic N) is 1. The minimum Gasteiger partial charge on any atom is -0.280 e. The van der Waals surface area contributed by atoms with Crippen molar-refractivity contribution in [1.82, 2.24) is 5.43 Å². The molecule has 1 atom stereocenters. The lowest BCUT2D eigenvalue weighted by atomic mass is 9.94. The van der Waals surface area contributed by atoms with Crippen LogP contribution in [0, 0.1) is 5.92 Å². The third-order valence-electron chi connectivity index (χ3n) is 3.82. The van der Waals surface area contributed by atoms with E-state index in [-0.39, 0.29) is 16.7 Å². The van der Waals surface area contributed by atoms with Crippen LogP contribution in [-0.4, -0.2) is 20.0 Å². The summed E-state index contributed by atoms with van der Waals surface area (Å²) >= 11 is 3.25. The van der Waals surface area contributed by atoms with Crippen LogP contribution in [0.1, 0.15) is 18.9 Å². The van der Waals surface area contributed by atoms with Gasteiger partial charge in [0, 0.05) is 22.5 Å². The van der Waals surface area contributed by atoms with Gasteiger partial charge < -0.3 is 0 Å². The smallest absolute Gasteiger partial charge is 0.263 e. The quantitative estimate of drug-likeness (QED) is 0.794. The molecule has 0 fully saturated rings. The molecule has 25 heavy (non-hydrogen) atoms. The Kier molecular flexibility index (Phi) is 4.91. The molecule has 1 amide bonds. The molecule has 1 aliphatic rings. The van der Waals surface area contributed by atoms with Gasteiger partial charge in [0.25, 0.3) is 10.0 Å². The number of anilines is 1. The molecule has 0 spiro atoms. The number of hydrazone groups is 1. The number of amides is 1. The highest BCUT2D eigenvalue weighted by atomic mass is 79.9. The molecule has 0 saturated carbocycles. The maximum Gasteiger partial charge on any atom is 0.263 e. The molecule has 0 bridgehead atoms. The normalized spacial score (nSPS) is 17.6. The van der Waals surface area contributed by atoms with E-state index < -0.39 is 10.0 Å². The molecule has 1 heterocycles. The van der Waals surface area contributed by atoms with Gasteiger partial charge in [0.05, 0.1) is 5.71 Å². The number of hydrogen-bond acceptors (Lipinski definition) is 4. The van der Waals surface area contributed by atoms with E-state index >= 15 is 0 Å². The van der Waals surface area contributed by atoms with E-state index in [2.05, 4.69) is 31.2 Å². The maximum absolute atomic E-state index is 12.5. The molecule has 1 aliphatic heterocycles. The Hall–Kier alpha value is -2.19. The van der Waals surface area contributed by atoms with Gasteiger partial charge >= 0.3 is 0 Å². The molecule has 2 aromatic rings. The lowest BCUT2D eigenvalue weighted by Crippen LogP contribution is -2.31. The third kappa shape index (κ3) is 3.91. The second kappa shape index (κ2) is 6.97. The molecular formula is C17H16BrN3O3S. The fraction of sp³-hybridized carbons (Fsp3) is 0.176. The maximum atomic E-state index is 12.5. The first-order valence-corrected chi connectivity index (χ1v) is 9.88. The van der Waals surface area contributed by atoms with Crippen LogP contribution in [0.2, 0.25) is 0 Å². The Morgan fingerprint density at radius 2 is 1.84 bits per heavy atom. The third-order valence-corrected chi connectivity index (χ3v) is 6.21. The fourth-order valence-electron chi connectivity index (χ4n) is 2.58. The zero-order valence-corrected chi connectivity index (χ0v) is 15.8. The van der Waals surface area contributed by atoms with Crippen LogP contribution in [0.5, 0.6) is 0 Å². The second-order valence-corrected chi connectivity index (χ2v) is 8.26. The van der Waals surface area contributed by atoms with Gasteiger partial charge in [-0.15, -0.1) is 0 Å². The van der Waals surface area contributed by atoms with Crippen LogP contribution in [0.3, 0.4) is 0 Å². The van der Waals surface area contributed by atoms with E-state index in [1.165, 1.54) is 6.07 Å². The van der Waals surface area contributed by atoms with Crippen LogP contribution >= 0.6 is 15.9 Å². The first-order chi connectivity index (χ1) is 11.9.